The summed E-state index contributed by atoms with van der Waals surface area (Å²) < 4.78 is 22.3. The monoisotopic (exact) mass is 286 g/mol. The third-order valence-electron chi connectivity index (χ3n) is 3.72. The van der Waals surface area contributed by atoms with Gasteiger partial charge in [-0.15, -0.1) is 0 Å². The molecule has 0 bridgehead atoms. The number of rotatable bonds is 8. The first-order valence-corrected chi connectivity index (χ1v) is 7.82. The van der Waals surface area contributed by atoms with Gasteiger partial charge in [0.1, 0.15) is 12.2 Å². The molecule has 0 aromatic rings. The molecule has 0 aromatic carbocycles. The second-order valence-electron chi connectivity index (χ2n) is 5.46. The van der Waals surface area contributed by atoms with E-state index < -0.39 is 12.2 Å². The number of ether oxygens (including phenoxy) is 4. The van der Waals surface area contributed by atoms with Crippen molar-refractivity contribution in [3.05, 3.63) is 0 Å². The van der Waals surface area contributed by atoms with E-state index in [4.69, 9.17) is 18.9 Å². The number of carbonyl (C=O) groups excluding carboxylic acids is 1. The first-order chi connectivity index (χ1) is 9.74. The maximum atomic E-state index is 12.3. The van der Waals surface area contributed by atoms with Crippen LogP contribution in [-0.4, -0.2) is 43.8 Å². The lowest BCUT2D eigenvalue weighted by molar-refractivity contribution is -0.143. The van der Waals surface area contributed by atoms with Gasteiger partial charge in [0.25, 0.3) is 0 Å². The van der Waals surface area contributed by atoms with E-state index in [2.05, 4.69) is 13.8 Å². The molecule has 0 N–H and O–H groups in total. The van der Waals surface area contributed by atoms with Gasteiger partial charge in [0, 0.05) is 0 Å². The molecule has 20 heavy (non-hydrogen) atoms. The number of carbonyl (C=O) groups is 1. The van der Waals surface area contributed by atoms with Crippen molar-refractivity contribution < 1.29 is 23.7 Å². The molecule has 2 saturated heterocycles. The van der Waals surface area contributed by atoms with E-state index >= 15 is 0 Å². The van der Waals surface area contributed by atoms with Gasteiger partial charge < -0.3 is 18.9 Å². The summed E-state index contributed by atoms with van der Waals surface area (Å²) in [6.07, 6.45) is 4.54. The predicted molar refractivity (Wildman–Crippen MR) is 73.3 cm³/mol. The van der Waals surface area contributed by atoms with E-state index in [-0.39, 0.29) is 18.4 Å². The van der Waals surface area contributed by atoms with Gasteiger partial charge in [0.2, 0.25) is 0 Å². The molecule has 2 aliphatic heterocycles. The summed E-state index contributed by atoms with van der Waals surface area (Å²) >= 11 is 0. The second-order valence-corrected chi connectivity index (χ2v) is 5.46. The van der Waals surface area contributed by atoms with Crippen molar-refractivity contribution in [3.63, 3.8) is 0 Å². The molecule has 0 unspecified atom stereocenters. The SMILES string of the molecule is CCCC[C@H]1OC[C@@H](C(=O)[C@@H]2CO[C@H](CCCC)O2)O1. The van der Waals surface area contributed by atoms with E-state index in [0.29, 0.717) is 13.2 Å². The fraction of sp³-hybridized carbons (Fsp3) is 0.933. The minimum absolute atomic E-state index is 0.0389. The van der Waals surface area contributed by atoms with Crippen LogP contribution in [0.25, 0.3) is 0 Å². The first-order valence-electron chi connectivity index (χ1n) is 7.82. The molecule has 5 nitrogen and oxygen atoms in total. The van der Waals surface area contributed by atoms with Gasteiger partial charge in [-0.3, -0.25) is 4.79 Å². The second kappa shape index (κ2) is 8.08. The van der Waals surface area contributed by atoms with Crippen LogP contribution in [0.4, 0.5) is 0 Å². The van der Waals surface area contributed by atoms with Crippen molar-refractivity contribution in [3.8, 4) is 0 Å². The quantitative estimate of drug-likeness (QED) is 0.686. The highest BCUT2D eigenvalue weighted by Crippen LogP contribution is 2.23. The largest absolute Gasteiger partial charge is 0.349 e. The predicted octanol–water partition coefficient (Wildman–Crippen LogP) is 2.42. The van der Waals surface area contributed by atoms with Crippen LogP contribution in [0.5, 0.6) is 0 Å². The van der Waals surface area contributed by atoms with Crippen molar-refractivity contribution in [1.82, 2.24) is 0 Å². The lowest BCUT2D eigenvalue weighted by Gasteiger charge is -2.14. The van der Waals surface area contributed by atoms with Crippen LogP contribution in [0.1, 0.15) is 52.4 Å². The molecular formula is C15H26O5. The lowest BCUT2D eigenvalue weighted by Crippen LogP contribution is -2.35. The van der Waals surface area contributed by atoms with E-state index in [1.54, 1.807) is 0 Å². The van der Waals surface area contributed by atoms with Crippen molar-refractivity contribution in [1.29, 1.82) is 0 Å². The molecule has 2 fully saturated rings. The summed E-state index contributed by atoms with van der Waals surface area (Å²) in [4.78, 5) is 12.3. The standard InChI is InChI=1S/C15H26O5/c1-3-5-7-13-17-9-11(19-13)15(16)12-10-18-14(20-12)8-6-4-2/h11-14H,3-10H2,1-2H3/t11-,12-,13-,14-/m0/s1. The van der Waals surface area contributed by atoms with Crippen LogP contribution in [0.2, 0.25) is 0 Å². The Bertz CT molecular complexity index is 279. The molecule has 2 heterocycles. The summed E-state index contributed by atoms with van der Waals surface area (Å²) in [5, 5.41) is 0. The van der Waals surface area contributed by atoms with Gasteiger partial charge in [-0.25, -0.2) is 0 Å². The number of hydrogen-bond acceptors (Lipinski definition) is 5. The zero-order chi connectivity index (χ0) is 14.4. The molecule has 4 atom stereocenters. The van der Waals surface area contributed by atoms with Crippen molar-refractivity contribution in [2.24, 2.45) is 0 Å². The Kier molecular flexibility index (Phi) is 6.42. The number of hydrogen-bond donors (Lipinski definition) is 0. The fourth-order valence-corrected chi connectivity index (χ4v) is 2.46. The third-order valence-corrected chi connectivity index (χ3v) is 3.72. The minimum atomic E-state index is -0.490. The van der Waals surface area contributed by atoms with Gasteiger partial charge >= 0.3 is 0 Å². The topological polar surface area (TPSA) is 54.0 Å². The molecule has 0 radical (unpaired) electrons. The van der Waals surface area contributed by atoms with Crippen LogP contribution < -0.4 is 0 Å². The smallest absolute Gasteiger partial charge is 0.195 e. The van der Waals surface area contributed by atoms with Crippen LogP contribution in [0.15, 0.2) is 0 Å². The van der Waals surface area contributed by atoms with E-state index in [1.165, 1.54) is 0 Å². The molecule has 0 spiro atoms. The average molecular weight is 286 g/mol. The molecule has 0 aliphatic carbocycles. The zero-order valence-corrected chi connectivity index (χ0v) is 12.5. The maximum absolute atomic E-state index is 12.3. The molecule has 2 rings (SSSR count). The lowest BCUT2D eigenvalue weighted by atomic mass is 10.1. The Labute approximate surface area is 120 Å². The number of unbranched alkanes of at least 4 members (excludes halogenated alkanes) is 2. The van der Waals surface area contributed by atoms with E-state index in [0.717, 1.165) is 38.5 Å². The average Bonchev–Trinajstić information content (AvgIpc) is 3.11. The summed E-state index contributed by atoms with van der Waals surface area (Å²) in [6, 6.07) is 0. The summed E-state index contributed by atoms with van der Waals surface area (Å²) in [5.74, 6) is -0.0389. The molecule has 116 valence electrons. The normalized spacial score (nSPS) is 33.7. The molecule has 0 saturated carbocycles. The molecule has 0 amide bonds. The van der Waals surface area contributed by atoms with Crippen LogP contribution in [-0.2, 0) is 23.7 Å². The van der Waals surface area contributed by atoms with Gasteiger partial charge in [-0.1, -0.05) is 26.7 Å². The van der Waals surface area contributed by atoms with Gasteiger partial charge in [0.05, 0.1) is 13.2 Å². The maximum Gasteiger partial charge on any atom is 0.195 e. The summed E-state index contributed by atoms with van der Waals surface area (Å²) in [6.45, 7) is 4.93. The number of Topliss-reactive ketones (excluding diaryl/α,β-unsaturated/α-hetero) is 1. The van der Waals surface area contributed by atoms with Crippen LogP contribution in [0.3, 0.4) is 0 Å². The van der Waals surface area contributed by atoms with Crippen LogP contribution in [0, 0.1) is 0 Å². The first kappa shape index (κ1) is 15.9. The Morgan fingerprint density at radius 3 is 1.75 bits per heavy atom. The Hall–Kier alpha value is -0.490. The molecule has 0 aromatic heterocycles. The van der Waals surface area contributed by atoms with Crippen molar-refractivity contribution in [2.45, 2.75) is 77.2 Å². The van der Waals surface area contributed by atoms with Gasteiger partial charge in [0.15, 0.2) is 18.4 Å². The summed E-state index contributed by atoms with van der Waals surface area (Å²) in [7, 11) is 0. The van der Waals surface area contributed by atoms with Gasteiger partial charge in [-0.05, 0) is 25.7 Å². The van der Waals surface area contributed by atoms with Crippen LogP contribution >= 0.6 is 0 Å². The number of ketones is 1. The van der Waals surface area contributed by atoms with Crippen molar-refractivity contribution in [2.75, 3.05) is 13.2 Å². The molecular weight excluding hydrogens is 260 g/mol. The molecule has 5 heteroatoms. The Morgan fingerprint density at radius 2 is 1.35 bits per heavy atom. The zero-order valence-electron chi connectivity index (χ0n) is 12.5. The minimum Gasteiger partial charge on any atom is -0.349 e. The van der Waals surface area contributed by atoms with Gasteiger partial charge in [-0.2, -0.15) is 0 Å². The fourth-order valence-electron chi connectivity index (χ4n) is 2.46. The Balaban J connectivity index is 1.72. The highest BCUT2D eigenvalue weighted by Gasteiger charge is 2.39. The van der Waals surface area contributed by atoms with E-state index in [9.17, 15) is 4.79 Å². The Morgan fingerprint density at radius 1 is 0.900 bits per heavy atom. The highest BCUT2D eigenvalue weighted by atomic mass is 16.7. The van der Waals surface area contributed by atoms with E-state index in [1.807, 2.05) is 0 Å². The molecule has 2 aliphatic rings. The third kappa shape index (κ3) is 4.25. The summed E-state index contributed by atoms with van der Waals surface area (Å²) in [5.41, 5.74) is 0. The van der Waals surface area contributed by atoms with Crippen molar-refractivity contribution >= 4 is 5.78 Å². The highest BCUT2D eigenvalue weighted by molar-refractivity contribution is 5.88.